The lowest BCUT2D eigenvalue weighted by atomic mass is 10.1. The zero-order valence-corrected chi connectivity index (χ0v) is 15.4. The number of furan rings is 1. The average Bonchev–Trinajstić information content (AvgIpc) is 3.21. The van der Waals surface area contributed by atoms with Gasteiger partial charge in [-0.3, -0.25) is 0 Å². The van der Waals surface area contributed by atoms with Gasteiger partial charge in [0.2, 0.25) is 6.10 Å². The topological polar surface area (TPSA) is 65.7 Å². The highest BCUT2D eigenvalue weighted by molar-refractivity contribution is 9.10. The number of rotatable bonds is 5. The van der Waals surface area contributed by atoms with Crippen LogP contribution in [0, 0.1) is 0 Å². The summed E-state index contributed by atoms with van der Waals surface area (Å²) in [7, 11) is 1.25. The van der Waals surface area contributed by atoms with Crippen molar-refractivity contribution >= 4 is 27.9 Å². The molecule has 0 aliphatic rings. The first kappa shape index (κ1) is 17.9. The summed E-state index contributed by atoms with van der Waals surface area (Å²) >= 11 is 3.33. The number of halogens is 1. The number of carbonyl (C=O) groups is 2. The van der Waals surface area contributed by atoms with Crippen molar-refractivity contribution in [2.75, 3.05) is 7.11 Å². The lowest BCUT2D eigenvalue weighted by Gasteiger charge is -2.16. The fraction of sp³-hybridized carbons (Fsp3) is 0.100. The quantitative estimate of drug-likeness (QED) is 0.562. The molecule has 1 atom stereocenters. The van der Waals surface area contributed by atoms with Crippen LogP contribution in [0.15, 0.2) is 75.8 Å². The van der Waals surface area contributed by atoms with E-state index >= 15 is 0 Å². The summed E-state index contributed by atoms with van der Waals surface area (Å²) in [5.41, 5.74) is 1.69. The first-order valence-corrected chi connectivity index (χ1v) is 8.56. The normalized spacial score (nSPS) is 11.6. The van der Waals surface area contributed by atoms with Gasteiger partial charge in [0, 0.05) is 15.6 Å². The number of hydrogen-bond acceptors (Lipinski definition) is 5. The lowest BCUT2D eigenvalue weighted by molar-refractivity contribution is -0.151. The predicted octanol–water partition coefficient (Wildman–Crippen LogP) is 4.78. The van der Waals surface area contributed by atoms with E-state index in [1.165, 1.54) is 7.11 Å². The SMILES string of the molecule is COC(=O)C(OC(=O)c1ccc(-c2ccco2)cc1)c1ccc(Br)cc1. The van der Waals surface area contributed by atoms with E-state index in [9.17, 15) is 9.59 Å². The largest absolute Gasteiger partial charge is 0.466 e. The minimum absolute atomic E-state index is 0.325. The van der Waals surface area contributed by atoms with Crippen molar-refractivity contribution in [2.24, 2.45) is 0 Å². The number of hydrogen-bond donors (Lipinski definition) is 0. The third-order valence-corrected chi connectivity index (χ3v) is 4.27. The maximum Gasteiger partial charge on any atom is 0.351 e. The highest BCUT2D eigenvalue weighted by atomic mass is 79.9. The molecule has 3 rings (SSSR count). The molecule has 0 saturated carbocycles. The van der Waals surface area contributed by atoms with Gasteiger partial charge in [0.15, 0.2) is 0 Å². The molecule has 132 valence electrons. The number of methoxy groups -OCH3 is 1. The van der Waals surface area contributed by atoms with Crippen LogP contribution in [0.2, 0.25) is 0 Å². The highest BCUT2D eigenvalue weighted by Gasteiger charge is 2.26. The highest BCUT2D eigenvalue weighted by Crippen LogP contribution is 2.24. The van der Waals surface area contributed by atoms with E-state index in [2.05, 4.69) is 15.9 Å². The lowest BCUT2D eigenvalue weighted by Crippen LogP contribution is -2.21. The molecule has 5 nitrogen and oxygen atoms in total. The maximum atomic E-state index is 12.5. The molecule has 3 aromatic rings. The Morgan fingerprint density at radius 3 is 2.27 bits per heavy atom. The van der Waals surface area contributed by atoms with Crippen molar-refractivity contribution in [3.63, 3.8) is 0 Å². The average molecular weight is 415 g/mol. The number of ether oxygens (including phenoxy) is 2. The van der Waals surface area contributed by atoms with Crippen LogP contribution in [0.3, 0.4) is 0 Å². The Kier molecular flexibility index (Phi) is 5.53. The van der Waals surface area contributed by atoms with Crippen LogP contribution < -0.4 is 0 Å². The molecule has 0 N–H and O–H groups in total. The van der Waals surface area contributed by atoms with Crippen LogP contribution in [0.5, 0.6) is 0 Å². The molecule has 0 aliphatic carbocycles. The van der Waals surface area contributed by atoms with E-state index in [1.807, 2.05) is 6.07 Å². The molecule has 0 radical (unpaired) electrons. The minimum Gasteiger partial charge on any atom is -0.466 e. The van der Waals surface area contributed by atoms with E-state index in [-0.39, 0.29) is 0 Å². The van der Waals surface area contributed by atoms with Crippen molar-refractivity contribution in [3.8, 4) is 11.3 Å². The molecule has 0 fully saturated rings. The van der Waals surface area contributed by atoms with E-state index in [0.29, 0.717) is 16.9 Å². The second-order valence-electron chi connectivity index (χ2n) is 5.41. The van der Waals surface area contributed by atoms with Gasteiger partial charge in [0.1, 0.15) is 5.76 Å². The maximum absolute atomic E-state index is 12.5. The van der Waals surface area contributed by atoms with Crippen molar-refractivity contribution < 1.29 is 23.5 Å². The van der Waals surface area contributed by atoms with E-state index in [0.717, 1.165) is 10.0 Å². The summed E-state index contributed by atoms with van der Waals surface area (Å²) in [6.45, 7) is 0. The minimum atomic E-state index is -1.13. The van der Waals surface area contributed by atoms with E-state index < -0.39 is 18.0 Å². The zero-order valence-electron chi connectivity index (χ0n) is 13.8. The summed E-state index contributed by atoms with van der Waals surface area (Å²) in [5, 5.41) is 0. The number of esters is 2. The van der Waals surface area contributed by atoms with Crippen molar-refractivity contribution in [2.45, 2.75) is 6.10 Å². The number of carbonyl (C=O) groups excluding carboxylic acids is 2. The first-order valence-electron chi connectivity index (χ1n) is 7.76. The van der Waals surface area contributed by atoms with Gasteiger partial charge < -0.3 is 13.9 Å². The van der Waals surface area contributed by atoms with Gasteiger partial charge in [-0.25, -0.2) is 9.59 Å². The van der Waals surface area contributed by atoms with Gasteiger partial charge in [-0.2, -0.15) is 0 Å². The molecule has 0 saturated heterocycles. The Labute approximate surface area is 158 Å². The van der Waals surface area contributed by atoms with Crippen LogP contribution in [0.1, 0.15) is 22.0 Å². The first-order chi connectivity index (χ1) is 12.6. The molecule has 1 heterocycles. The van der Waals surface area contributed by atoms with E-state index in [1.54, 1.807) is 60.9 Å². The van der Waals surface area contributed by atoms with Gasteiger partial charge in [0.05, 0.1) is 18.9 Å². The third kappa shape index (κ3) is 4.03. The predicted molar refractivity (Wildman–Crippen MR) is 98.5 cm³/mol. The molecule has 26 heavy (non-hydrogen) atoms. The molecular formula is C20H15BrO5. The smallest absolute Gasteiger partial charge is 0.351 e. The van der Waals surface area contributed by atoms with Crippen molar-refractivity contribution in [1.82, 2.24) is 0 Å². The molecule has 0 bridgehead atoms. The van der Waals surface area contributed by atoms with Gasteiger partial charge in [-0.1, -0.05) is 40.2 Å². The standard InChI is InChI=1S/C20H15BrO5/c1-24-20(23)18(14-8-10-16(21)11-9-14)26-19(22)15-6-4-13(5-7-15)17-3-2-12-25-17/h2-12,18H,1H3. The van der Waals surface area contributed by atoms with Gasteiger partial charge in [-0.05, 0) is 36.4 Å². The zero-order chi connectivity index (χ0) is 18.5. The second-order valence-corrected chi connectivity index (χ2v) is 6.33. The Bertz CT molecular complexity index is 883. The third-order valence-electron chi connectivity index (χ3n) is 3.74. The fourth-order valence-corrected chi connectivity index (χ4v) is 2.65. The summed E-state index contributed by atoms with van der Waals surface area (Å²) in [4.78, 5) is 24.5. The van der Waals surface area contributed by atoms with Gasteiger partial charge >= 0.3 is 11.9 Å². The fourth-order valence-electron chi connectivity index (χ4n) is 2.39. The van der Waals surface area contributed by atoms with Crippen molar-refractivity contribution in [3.05, 3.63) is 82.5 Å². The van der Waals surface area contributed by atoms with Crippen LogP contribution in [-0.4, -0.2) is 19.0 Å². The molecule has 0 amide bonds. The van der Waals surface area contributed by atoms with E-state index in [4.69, 9.17) is 13.9 Å². The van der Waals surface area contributed by atoms with Crippen molar-refractivity contribution in [1.29, 1.82) is 0 Å². The molecule has 0 spiro atoms. The molecule has 2 aromatic carbocycles. The molecule has 1 aromatic heterocycles. The molecule has 6 heteroatoms. The summed E-state index contributed by atoms with van der Waals surface area (Å²) in [6.07, 6.45) is 0.446. The second kappa shape index (κ2) is 8.01. The number of benzene rings is 2. The Morgan fingerprint density at radius 1 is 1.00 bits per heavy atom. The Hall–Kier alpha value is -2.86. The summed E-state index contributed by atoms with van der Waals surface area (Å²) in [6, 6.07) is 17.3. The van der Waals surface area contributed by atoms with Gasteiger partial charge in [0.25, 0.3) is 0 Å². The van der Waals surface area contributed by atoms with Crippen LogP contribution in [-0.2, 0) is 14.3 Å². The van der Waals surface area contributed by atoms with Gasteiger partial charge in [-0.15, -0.1) is 0 Å². The molecule has 1 unspecified atom stereocenters. The van der Waals surface area contributed by atoms with Crippen LogP contribution >= 0.6 is 15.9 Å². The monoisotopic (exact) mass is 414 g/mol. The Morgan fingerprint density at radius 2 is 1.69 bits per heavy atom. The summed E-state index contributed by atoms with van der Waals surface area (Å²) in [5.74, 6) is -0.561. The van der Waals surface area contributed by atoms with Crippen LogP contribution in [0.4, 0.5) is 0 Å². The molecule has 0 aliphatic heterocycles. The summed E-state index contributed by atoms with van der Waals surface area (Å²) < 4.78 is 16.3. The van der Waals surface area contributed by atoms with Crippen LogP contribution in [0.25, 0.3) is 11.3 Å². The Balaban J connectivity index is 1.79. The molecular weight excluding hydrogens is 400 g/mol.